The lowest BCUT2D eigenvalue weighted by Crippen LogP contribution is -2.52. The largest absolute Gasteiger partial charge is 0.480 e. The summed E-state index contributed by atoms with van der Waals surface area (Å²) in [4.78, 5) is 11.5. The average Bonchev–Trinajstić information content (AvgIpc) is 2.77. The zero-order chi connectivity index (χ0) is 15.0. The highest BCUT2D eigenvalue weighted by molar-refractivity contribution is 9.11. The van der Waals surface area contributed by atoms with E-state index in [0.717, 1.165) is 4.47 Å². The molecule has 8 heteroatoms. The van der Waals surface area contributed by atoms with Gasteiger partial charge in [-0.25, -0.2) is 8.42 Å². The minimum Gasteiger partial charge on any atom is -0.480 e. The Balaban J connectivity index is 2.38. The highest BCUT2D eigenvalue weighted by Crippen LogP contribution is 2.33. The van der Waals surface area contributed by atoms with Crippen molar-refractivity contribution in [2.24, 2.45) is 0 Å². The van der Waals surface area contributed by atoms with Gasteiger partial charge in [0.15, 0.2) is 0 Å². The minimum absolute atomic E-state index is 0.0354. The van der Waals surface area contributed by atoms with Gasteiger partial charge in [0, 0.05) is 8.95 Å². The molecule has 0 saturated heterocycles. The number of nitrogens with one attached hydrogen (secondary N) is 1. The molecule has 1 aliphatic rings. The third-order valence-corrected chi connectivity index (χ3v) is 6.39. The van der Waals surface area contributed by atoms with Crippen LogP contribution in [0.3, 0.4) is 0 Å². The fourth-order valence-corrected chi connectivity index (χ4v) is 5.51. The summed E-state index contributed by atoms with van der Waals surface area (Å²) in [5.41, 5.74) is -1.38. The van der Waals surface area contributed by atoms with Crippen LogP contribution in [-0.2, 0) is 14.8 Å². The summed E-state index contributed by atoms with van der Waals surface area (Å²) in [6, 6.07) is 4.64. The number of hydrogen-bond acceptors (Lipinski definition) is 3. The number of sulfonamides is 1. The van der Waals surface area contributed by atoms with E-state index in [1.54, 1.807) is 12.1 Å². The summed E-state index contributed by atoms with van der Waals surface area (Å²) in [5, 5.41) is 9.34. The summed E-state index contributed by atoms with van der Waals surface area (Å²) in [7, 11) is -3.89. The standard InChI is InChI=1S/C12H13Br2NO4S/c13-8-3-4-10(9(14)7-8)20(18,19)15-12(11(16)17)5-1-2-6-12/h3-4,7,15H,1-2,5-6H2,(H,16,17). The van der Waals surface area contributed by atoms with Crippen molar-refractivity contribution in [1.29, 1.82) is 0 Å². The molecular weight excluding hydrogens is 414 g/mol. The quantitative estimate of drug-likeness (QED) is 0.775. The van der Waals surface area contributed by atoms with Gasteiger partial charge in [0.05, 0.1) is 4.90 Å². The molecule has 0 bridgehead atoms. The predicted molar refractivity (Wildman–Crippen MR) is 81.0 cm³/mol. The van der Waals surface area contributed by atoms with Crippen LogP contribution in [0, 0.1) is 0 Å². The number of rotatable bonds is 4. The van der Waals surface area contributed by atoms with Gasteiger partial charge >= 0.3 is 5.97 Å². The highest BCUT2D eigenvalue weighted by Gasteiger charge is 2.45. The first-order valence-corrected chi connectivity index (χ1v) is 9.06. The molecule has 2 rings (SSSR count). The van der Waals surface area contributed by atoms with Crippen LogP contribution in [0.1, 0.15) is 25.7 Å². The lowest BCUT2D eigenvalue weighted by Gasteiger charge is -2.25. The Morgan fingerprint density at radius 3 is 2.35 bits per heavy atom. The van der Waals surface area contributed by atoms with Gasteiger partial charge < -0.3 is 5.11 Å². The van der Waals surface area contributed by atoms with Crippen molar-refractivity contribution in [2.45, 2.75) is 36.1 Å². The summed E-state index contributed by atoms with van der Waals surface area (Å²) in [6.45, 7) is 0. The smallest absolute Gasteiger partial charge is 0.324 e. The fraction of sp³-hybridized carbons (Fsp3) is 0.417. The predicted octanol–water partition coefficient (Wildman–Crippen LogP) is 2.89. The number of benzene rings is 1. The normalized spacial score (nSPS) is 18.1. The van der Waals surface area contributed by atoms with E-state index in [2.05, 4.69) is 36.6 Å². The van der Waals surface area contributed by atoms with Crippen molar-refractivity contribution in [3.63, 3.8) is 0 Å². The number of carboxylic acids is 1. The molecule has 1 saturated carbocycles. The van der Waals surface area contributed by atoms with E-state index >= 15 is 0 Å². The first-order chi connectivity index (χ1) is 9.27. The van der Waals surface area contributed by atoms with E-state index < -0.39 is 21.5 Å². The first-order valence-electron chi connectivity index (χ1n) is 5.99. The molecule has 1 aliphatic carbocycles. The van der Waals surface area contributed by atoms with E-state index in [9.17, 15) is 18.3 Å². The van der Waals surface area contributed by atoms with Gasteiger partial charge in [-0.1, -0.05) is 28.8 Å². The molecule has 0 aliphatic heterocycles. The topological polar surface area (TPSA) is 83.5 Å². The minimum atomic E-state index is -3.89. The van der Waals surface area contributed by atoms with Crippen molar-refractivity contribution in [2.75, 3.05) is 0 Å². The number of carbonyl (C=O) groups is 1. The maximum Gasteiger partial charge on any atom is 0.324 e. The molecule has 0 heterocycles. The fourth-order valence-electron chi connectivity index (χ4n) is 2.34. The average molecular weight is 427 g/mol. The van der Waals surface area contributed by atoms with Crippen molar-refractivity contribution < 1.29 is 18.3 Å². The number of halogens is 2. The molecule has 2 N–H and O–H groups in total. The Hall–Kier alpha value is -0.440. The van der Waals surface area contributed by atoms with Crippen molar-refractivity contribution in [3.05, 3.63) is 27.1 Å². The van der Waals surface area contributed by atoms with Gasteiger partial charge in [0.1, 0.15) is 5.54 Å². The highest BCUT2D eigenvalue weighted by atomic mass is 79.9. The van der Waals surface area contributed by atoms with Crippen LogP contribution in [0.4, 0.5) is 0 Å². The summed E-state index contributed by atoms with van der Waals surface area (Å²) in [5.74, 6) is -1.12. The van der Waals surface area contributed by atoms with Gasteiger partial charge in [-0.3, -0.25) is 4.79 Å². The van der Waals surface area contributed by atoms with Gasteiger partial charge in [-0.05, 0) is 47.0 Å². The summed E-state index contributed by atoms with van der Waals surface area (Å²) in [6.07, 6.45) is 2.04. The third-order valence-electron chi connectivity index (χ3n) is 3.38. The molecule has 5 nitrogen and oxygen atoms in total. The molecule has 0 aromatic heterocycles. The van der Waals surface area contributed by atoms with Crippen LogP contribution >= 0.6 is 31.9 Å². The van der Waals surface area contributed by atoms with Crippen LogP contribution in [0.25, 0.3) is 0 Å². The number of aliphatic carboxylic acids is 1. The maximum atomic E-state index is 12.4. The SMILES string of the molecule is O=C(O)C1(NS(=O)(=O)c2ccc(Br)cc2Br)CCCC1. The van der Waals surface area contributed by atoms with E-state index in [4.69, 9.17) is 0 Å². The second-order valence-corrected chi connectivity index (χ2v) is 8.20. The Labute approximate surface area is 134 Å². The lowest BCUT2D eigenvalue weighted by atomic mass is 10.0. The molecule has 110 valence electrons. The number of hydrogen-bond donors (Lipinski definition) is 2. The van der Waals surface area contributed by atoms with E-state index in [-0.39, 0.29) is 4.90 Å². The maximum absolute atomic E-state index is 12.4. The van der Waals surface area contributed by atoms with Gasteiger partial charge in [-0.15, -0.1) is 0 Å². The Morgan fingerprint density at radius 2 is 1.85 bits per heavy atom. The molecule has 0 amide bonds. The van der Waals surface area contributed by atoms with Gasteiger partial charge in [0.25, 0.3) is 0 Å². The van der Waals surface area contributed by atoms with Crippen molar-refractivity contribution in [1.82, 2.24) is 4.72 Å². The molecule has 0 radical (unpaired) electrons. The molecule has 1 aromatic carbocycles. The van der Waals surface area contributed by atoms with E-state index in [0.29, 0.717) is 30.2 Å². The van der Waals surface area contributed by atoms with E-state index in [1.165, 1.54) is 6.07 Å². The van der Waals surface area contributed by atoms with Crippen molar-refractivity contribution in [3.8, 4) is 0 Å². The zero-order valence-corrected chi connectivity index (χ0v) is 14.4. The molecule has 1 fully saturated rings. The van der Waals surface area contributed by atoms with Crippen LogP contribution < -0.4 is 4.72 Å². The molecular formula is C12H13Br2NO4S. The second-order valence-electron chi connectivity index (χ2n) is 4.77. The first kappa shape index (κ1) is 15.9. The van der Waals surface area contributed by atoms with Gasteiger partial charge in [0.2, 0.25) is 10.0 Å². The molecule has 0 unspecified atom stereocenters. The summed E-state index contributed by atoms with van der Waals surface area (Å²) < 4.78 is 28.3. The Kier molecular flexibility index (Phi) is 4.58. The monoisotopic (exact) mass is 425 g/mol. The zero-order valence-electron chi connectivity index (χ0n) is 10.4. The van der Waals surface area contributed by atoms with Crippen molar-refractivity contribution >= 4 is 47.9 Å². The molecule has 0 atom stereocenters. The van der Waals surface area contributed by atoms with Crippen LogP contribution in [0.2, 0.25) is 0 Å². The molecule has 20 heavy (non-hydrogen) atoms. The van der Waals surface area contributed by atoms with Crippen LogP contribution in [0.5, 0.6) is 0 Å². The summed E-state index contributed by atoms with van der Waals surface area (Å²) >= 11 is 6.44. The lowest BCUT2D eigenvalue weighted by molar-refractivity contribution is -0.143. The van der Waals surface area contributed by atoms with Crippen LogP contribution in [-0.4, -0.2) is 25.0 Å². The molecule has 1 aromatic rings. The Morgan fingerprint density at radius 1 is 1.25 bits per heavy atom. The Bertz CT molecular complexity index is 639. The van der Waals surface area contributed by atoms with E-state index in [1.807, 2.05) is 0 Å². The van der Waals surface area contributed by atoms with Gasteiger partial charge in [-0.2, -0.15) is 4.72 Å². The molecule has 0 spiro atoms. The number of carboxylic acid groups (broad SMARTS) is 1. The van der Waals surface area contributed by atoms with Crippen LogP contribution in [0.15, 0.2) is 32.0 Å². The third kappa shape index (κ3) is 3.08. The second kappa shape index (κ2) is 5.75.